The monoisotopic (exact) mass is 532 g/mol. The smallest absolute Gasteiger partial charge is 0.243 e. The molecular weight excluding hydrogens is 504 g/mol. The van der Waals surface area contributed by atoms with Crippen molar-refractivity contribution < 1.29 is 9.53 Å². The quantitative estimate of drug-likeness (QED) is 0.268. The van der Waals surface area contributed by atoms with Gasteiger partial charge in [0.15, 0.2) is 5.82 Å². The lowest BCUT2D eigenvalue weighted by Crippen LogP contribution is -2.34. The van der Waals surface area contributed by atoms with Gasteiger partial charge in [-0.05, 0) is 85.9 Å². The molecule has 3 aromatic heterocycles. The van der Waals surface area contributed by atoms with Crippen LogP contribution in [0.15, 0.2) is 73.6 Å². The number of pyridine rings is 1. The van der Waals surface area contributed by atoms with Crippen LogP contribution in [-0.4, -0.2) is 41.9 Å². The number of hydrogen-bond acceptors (Lipinski definition) is 8. The van der Waals surface area contributed by atoms with Crippen molar-refractivity contribution in [2.75, 3.05) is 5.32 Å². The van der Waals surface area contributed by atoms with Gasteiger partial charge >= 0.3 is 0 Å². The summed E-state index contributed by atoms with van der Waals surface area (Å²) in [6.45, 7) is 5.52. The number of rotatable bonds is 7. The Morgan fingerprint density at radius 2 is 2.02 bits per heavy atom. The number of nitrogens with zero attached hydrogens (tertiary/aromatic N) is 6. The lowest BCUT2D eigenvalue weighted by molar-refractivity contribution is -0.117. The Bertz CT molecular complexity index is 1790. The van der Waals surface area contributed by atoms with Crippen molar-refractivity contribution >= 4 is 45.1 Å². The molecule has 6 rings (SSSR count). The number of aromatic nitrogens is 6. The molecule has 10 nitrogen and oxygen atoms in total. The molecule has 2 N–H and O–H groups in total. The maximum atomic E-state index is 11.6. The largest absolute Gasteiger partial charge is 0.457 e. The number of benzene rings is 2. The number of amides is 1. The molecule has 0 radical (unpaired) electrons. The number of anilines is 2. The van der Waals surface area contributed by atoms with Crippen LogP contribution in [0.3, 0.4) is 0 Å². The van der Waals surface area contributed by atoms with Crippen LogP contribution in [0.25, 0.3) is 27.6 Å². The summed E-state index contributed by atoms with van der Waals surface area (Å²) in [4.78, 5) is 25.4. The third-order valence-electron chi connectivity index (χ3n) is 7.00. The summed E-state index contributed by atoms with van der Waals surface area (Å²) in [7, 11) is 1.86. The summed E-state index contributed by atoms with van der Waals surface area (Å²) in [5.74, 6) is 1.92. The molecule has 3 heterocycles. The minimum Gasteiger partial charge on any atom is -0.457 e. The Morgan fingerprint density at radius 3 is 2.83 bits per heavy atom. The fraction of sp³-hybridized carbons (Fsp3) is 0.200. The summed E-state index contributed by atoms with van der Waals surface area (Å²) < 4.78 is 7.87. The highest BCUT2D eigenvalue weighted by Gasteiger charge is 2.18. The fourth-order valence-corrected chi connectivity index (χ4v) is 4.86. The van der Waals surface area contributed by atoms with Gasteiger partial charge in [0.2, 0.25) is 5.91 Å². The Labute approximate surface area is 230 Å². The van der Waals surface area contributed by atoms with Gasteiger partial charge in [-0.3, -0.25) is 4.79 Å². The van der Waals surface area contributed by atoms with Crippen molar-refractivity contribution in [3.63, 3.8) is 0 Å². The highest BCUT2D eigenvalue weighted by Crippen LogP contribution is 2.32. The molecule has 2 aromatic carbocycles. The van der Waals surface area contributed by atoms with Crippen molar-refractivity contribution in [3.05, 3.63) is 84.8 Å². The average molecular weight is 533 g/mol. The summed E-state index contributed by atoms with van der Waals surface area (Å²) in [5.41, 5.74) is 7.03. The van der Waals surface area contributed by atoms with Crippen LogP contribution in [0, 0.1) is 6.92 Å². The van der Waals surface area contributed by atoms with Gasteiger partial charge in [0.25, 0.3) is 0 Å². The predicted octanol–water partition coefficient (Wildman–Crippen LogP) is 5.39. The lowest BCUT2D eigenvalue weighted by atomic mass is 9.93. The van der Waals surface area contributed by atoms with Crippen LogP contribution < -0.4 is 15.4 Å². The number of ether oxygens (including phenoxy) is 1. The van der Waals surface area contributed by atoms with E-state index in [1.54, 1.807) is 4.68 Å². The maximum Gasteiger partial charge on any atom is 0.243 e. The maximum absolute atomic E-state index is 11.6. The van der Waals surface area contributed by atoms with E-state index in [9.17, 15) is 4.79 Å². The summed E-state index contributed by atoms with van der Waals surface area (Å²) in [6.07, 6.45) is 7.41. The van der Waals surface area contributed by atoms with E-state index in [2.05, 4.69) is 43.6 Å². The summed E-state index contributed by atoms with van der Waals surface area (Å²) >= 11 is 0. The molecule has 0 spiro atoms. The molecule has 0 fully saturated rings. The first kappa shape index (κ1) is 25.2. The second-order valence-corrected chi connectivity index (χ2v) is 9.77. The number of carbonyl (C=O) groups is 1. The van der Waals surface area contributed by atoms with Gasteiger partial charge in [-0.15, -0.1) is 5.10 Å². The number of nitrogens with one attached hydrogen (secondary N) is 2. The molecule has 1 amide bonds. The van der Waals surface area contributed by atoms with E-state index >= 15 is 0 Å². The second kappa shape index (κ2) is 10.6. The highest BCUT2D eigenvalue weighted by atomic mass is 16.5. The first-order valence-corrected chi connectivity index (χ1v) is 13.1. The third-order valence-corrected chi connectivity index (χ3v) is 7.00. The molecule has 40 heavy (non-hydrogen) atoms. The molecule has 0 saturated carbocycles. The molecule has 1 unspecified atom stereocenters. The third kappa shape index (κ3) is 5.11. The van der Waals surface area contributed by atoms with Crippen molar-refractivity contribution in [2.45, 2.75) is 32.2 Å². The SMILES string of the molecule is C=CC(=O)NC1CC=C(c2ccc3ncnc(Nc4ccc(Oc5ccc6c(c5)nnn6C)c(C)c4)c3n2)CC1. The molecule has 200 valence electrons. The normalized spacial score (nSPS) is 15.1. The zero-order chi connectivity index (χ0) is 27.6. The highest BCUT2D eigenvalue weighted by molar-refractivity contribution is 5.89. The Kier molecular flexibility index (Phi) is 6.65. The van der Waals surface area contributed by atoms with Gasteiger partial charge in [-0.1, -0.05) is 17.9 Å². The van der Waals surface area contributed by atoms with E-state index in [1.807, 2.05) is 62.5 Å². The minimum absolute atomic E-state index is 0.111. The van der Waals surface area contributed by atoms with E-state index in [1.165, 1.54) is 12.4 Å². The lowest BCUT2D eigenvalue weighted by Gasteiger charge is -2.22. The fourth-order valence-electron chi connectivity index (χ4n) is 4.86. The van der Waals surface area contributed by atoms with Crippen LogP contribution >= 0.6 is 0 Å². The predicted molar refractivity (Wildman–Crippen MR) is 154 cm³/mol. The minimum atomic E-state index is -0.142. The van der Waals surface area contributed by atoms with Gasteiger partial charge in [0, 0.05) is 24.8 Å². The van der Waals surface area contributed by atoms with E-state index < -0.39 is 0 Å². The molecule has 1 atom stereocenters. The number of carbonyl (C=O) groups excluding carboxylic acids is 1. The van der Waals surface area contributed by atoms with E-state index in [0.717, 1.165) is 64.1 Å². The molecule has 0 bridgehead atoms. The number of fused-ring (bicyclic) bond motifs is 2. The van der Waals surface area contributed by atoms with Gasteiger partial charge < -0.3 is 15.4 Å². The average Bonchev–Trinajstić information content (AvgIpc) is 3.34. The van der Waals surface area contributed by atoms with Crippen molar-refractivity contribution in [3.8, 4) is 11.5 Å². The molecule has 10 heteroatoms. The molecule has 5 aromatic rings. The molecular formula is C30H28N8O2. The van der Waals surface area contributed by atoms with Crippen LogP contribution in [0.2, 0.25) is 0 Å². The summed E-state index contributed by atoms with van der Waals surface area (Å²) in [5, 5.41) is 14.6. The Balaban J connectivity index is 1.21. The Morgan fingerprint density at radius 1 is 1.12 bits per heavy atom. The number of hydrogen-bond donors (Lipinski definition) is 2. The van der Waals surface area contributed by atoms with Crippen molar-refractivity contribution in [2.24, 2.45) is 7.05 Å². The first-order valence-electron chi connectivity index (χ1n) is 13.1. The van der Waals surface area contributed by atoms with Gasteiger partial charge in [-0.2, -0.15) is 0 Å². The molecule has 0 aliphatic heterocycles. The van der Waals surface area contributed by atoms with Gasteiger partial charge in [0.05, 0.1) is 16.7 Å². The summed E-state index contributed by atoms with van der Waals surface area (Å²) in [6, 6.07) is 15.7. The zero-order valence-corrected chi connectivity index (χ0v) is 22.3. The molecule has 1 aliphatic carbocycles. The van der Waals surface area contributed by atoms with E-state index in [4.69, 9.17) is 9.72 Å². The van der Waals surface area contributed by atoms with Crippen molar-refractivity contribution in [1.29, 1.82) is 0 Å². The first-order chi connectivity index (χ1) is 19.5. The molecule has 0 saturated heterocycles. The van der Waals surface area contributed by atoms with E-state index in [0.29, 0.717) is 17.1 Å². The van der Waals surface area contributed by atoms with Crippen LogP contribution in [0.1, 0.15) is 30.5 Å². The second-order valence-electron chi connectivity index (χ2n) is 9.77. The zero-order valence-electron chi connectivity index (χ0n) is 22.3. The number of allylic oxidation sites excluding steroid dienone is 1. The van der Waals surface area contributed by atoms with Gasteiger partial charge in [-0.25, -0.2) is 19.6 Å². The standard InChI is InChI=1S/C30H28N8O2/c1-4-28(39)33-20-7-5-19(6-8-20)23-11-12-24-29(35-23)30(32-17-31-24)34-21-9-14-27(18(2)15-21)40-22-10-13-26-25(16-22)36-37-38(26)3/h4-5,9-17,20H,1,6-8H2,2-3H3,(H,33,39)(H,31,32,34). The van der Waals surface area contributed by atoms with Crippen LogP contribution in [-0.2, 0) is 11.8 Å². The topological polar surface area (TPSA) is 120 Å². The number of aryl methyl sites for hydroxylation is 2. The van der Waals surface area contributed by atoms with E-state index in [-0.39, 0.29) is 11.9 Å². The Hall–Kier alpha value is -5.12. The molecule has 1 aliphatic rings. The van der Waals surface area contributed by atoms with Crippen LogP contribution in [0.5, 0.6) is 11.5 Å². The van der Waals surface area contributed by atoms with Gasteiger partial charge in [0.1, 0.15) is 28.9 Å². The van der Waals surface area contributed by atoms with Crippen LogP contribution in [0.4, 0.5) is 11.5 Å². The van der Waals surface area contributed by atoms with Crippen molar-refractivity contribution in [1.82, 2.24) is 35.3 Å².